The van der Waals surface area contributed by atoms with E-state index in [0.717, 1.165) is 44.6 Å². The molecule has 0 amide bonds. The van der Waals surface area contributed by atoms with Crippen molar-refractivity contribution in [3.05, 3.63) is 12.4 Å². The highest BCUT2D eigenvalue weighted by atomic mass is 16.5. The van der Waals surface area contributed by atoms with E-state index in [1.165, 1.54) is 0 Å². The van der Waals surface area contributed by atoms with Gasteiger partial charge in [0, 0.05) is 13.6 Å². The molecule has 1 aromatic heterocycles. The van der Waals surface area contributed by atoms with E-state index in [0.29, 0.717) is 12.5 Å². The molecule has 0 unspecified atom stereocenters. The van der Waals surface area contributed by atoms with Gasteiger partial charge in [0.2, 0.25) is 5.88 Å². The average molecular weight is 252 g/mol. The number of unbranched alkanes of at least 4 members (excludes halogenated alkanes) is 2. The maximum atomic E-state index is 5.47. The Hall–Kier alpha value is -1.36. The van der Waals surface area contributed by atoms with Crippen LogP contribution in [0.25, 0.3) is 0 Å². The number of rotatable bonds is 9. The van der Waals surface area contributed by atoms with Gasteiger partial charge in [-0.15, -0.1) is 0 Å². The Labute approximate surface area is 109 Å². The number of hydrogen-bond acceptors (Lipinski definition) is 5. The second-order valence-corrected chi connectivity index (χ2v) is 4.33. The molecule has 0 fully saturated rings. The van der Waals surface area contributed by atoms with E-state index < -0.39 is 0 Å². The van der Waals surface area contributed by atoms with Crippen molar-refractivity contribution in [2.45, 2.75) is 32.6 Å². The Balaban J connectivity index is 2.43. The average Bonchev–Trinajstić information content (AvgIpc) is 2.41. The van der Waals surface area contributed by atoms with Gasteiger partial charge in [-0.2, -0.15) is 4.98 Å². The van der Waals surface area contributed by atoms with Crippen LogP contribution in [-0.4, -0.2) is 36.7 Å². The Bertz CT molecular complexity index is 333. The molecule has 1 rings (SSSR count). The van der Waals surface area contributed by atoms with Crippen molar-refractivity contribution in [3.63, 3.8) is 0 Å². The van der Waals surface area contributed by atoms with Gasteiger partial charge in [0.25, 0.3) is 0 Å². The zero-order valence-electron chi connectivity index (χ0n) is 11.4. The Morgan fingerprint density at radius 2 is 2.11 bits per heavy atom. The van der Waals surface area contributed by atoms with Crippen molar-refractivity contribution < 1.29 is 4.74 Å². The molecule has 5 nitrogen and oxygen atoms in total. The lowest BCUT2D eigenvalue weighted by Gasteiger charge is -2.18. The molecule has 0 saturated carbocycles. The van der Waals surface area contributed by atoms with Gasteiger partial charge in [-0.05, 0) is 25.8 Å². The first-order valence-electron chi connectivity index (χ1n) is 6.64. The van der Waals surface area contributed by atoms with Crippen LogP contribution in [0.1, 0.15) is 32.6 Å². The van der Waals surface area contributed by atoms with Crippen molar-refractivity contribution in [1.82, 2.24) is 9.97 Å². The van der Waals surface area contributed by atoms with Gasteiger partial charge < -0.3 is 15.4 Å². The monoisotopic (exact) mass is 252 g/mol. The van der Waals surface area contributed by atoms with Gasteiger partial charge in [-0.1, -0.05) is 13.3 Å². The number of hydrogen-bond donors (Lipinski definition) is 1. The van der Waals surface area contributed by atoms with E-state index in [1.807, 2.05) is 7.05 Å². The summed E-state index contributed by atoms with van der Waals surface area (Å²) in [5, 5.41) is 0. The van der Waals surface area contributed by atoms with Crippen LogP contribution in [-0.2, 0) is 0 Å². The molecular weight excluding hydrogens is 228 g/mol. The molecule has 0 radical (unpaired) electrons. The minimum atomic E-state index is 0.600. The predicted molar refractivity (Wildman–Crippen MR) is 74.0 cm³/mol. The molecule has 0 aliphatic carbocycles. The first kappa shape index (κ1) is 14.7. The molecule has 18 heavy (non-hydrogen) atoms. The number of nitrogens with zero attached hydrogens (tertiary/aromatic N) is 3. The number of ether oxygens (including phenoxy) is 1. The van der Waals surface area contributed by atoms with E-state index >= 15 is 0 Å². The maximum Gasteiger partial charge on any atom is 0.234 e. The fraction of sp³-hybridized carbons (Fsp3) is 0.692. The summed E-state index contributed by atoms with van der Waals surface area (Å²) in [5.41, 5.74) is 5.47. The molecule has 1 heterocycles. The van der Waals surface area contributed by atoms with E-state index in [2.05, 4.69) is 21.8 Å². The van der Waals surface area contributed by atoms with E-state index in [9.17, 15) is 0 Å². The molecule has 0 aliphatic heterocycles. The van der Waals surface area contributed by atoms with Crippen molar-refractivity contribution in [2.24, 2.45) is 5.73 Å². The molecular formula is C13H24N4O. The number of aromatic nitrogens is 2. The van der Waals surface area contributed by atoms with Crippen LogP contribution in [0.3, 0.4) is 0 Å². The van der Waals surface area contributed by atoms with Crippen molar-refractivity contribution >= 4 is 5.82 Å². The molecule has 2 N–H and O–H groups in total. The minimum absolute atomic E-state index is 0.600. The highest BCUT2D eigenvalue weighted by Crippen LogP contribution is 2.13. The third-order valence-electron chi connectivity index (χ3n) is 2.64. The summed E-state index contributed by atoms with van der Waals surface area (Å²) in [7, 11) is 2.02. The van der Waals surface area contributed by atoms with Crippen LogP contribution in [0.15, 0.2) is 12.4 Å². The largest absolute Gasteiger partial charge is 0.477 e. The lowest BCUT2D eigenvalue weighted by Crippen LogP contribution is -2.20. The first-order chi connectivity index (χ1) is 8.77. The van der Waals surface area contributed by atoms with E-state index in [1.54, 1.807) is 12.4 Å². The molecule has 0 aliphatic rings. The van der Waals surface area contributed by atoms with E-state index in [-0.39, 0.29) is 0 Å². The number of anilines is 1. The highest BCUT2D eigenvalue weighted by molar-refractivity contribution is 5.36. The first-order valence-corrected chi connectivity index (χ1v) is 6.64. The SMILES string of the molecule is CCCOc1cncc(N(C)CCCCCN)n1. The van der Waals surface area contributed by atoms with Crippen molar-refractivity contribution in [2.75, 3.05) is 31.6 Å². The lowest BCUT2D eigenvalue weighted by molar-refractivity contribution is 0.304. The summed E-state index contributed by atoms with van der Waals surface area (Å²) >= 11 is 0. The van der Waals surface area contributed by atoms with Crippen LogP contribution in [0, 0.1) is 0 Å². The zero-order valence-corrected chi connectivity index (χ0v) is 11.4. The van der Waals surface area contributed by atoms with Gasteiger partial charge in [0.1, 0.15) is 0 Å². The molecule has 5 heteroatoms. The maximum absolute atomic E-state index is 5.47. The Morgan fingerprint density at radius 3 is 2.83 bits per heavy atom. The molecule has 102 valence electrons. The molecule has 0 saturated heterocycles. The van der Waals surface area contributed by atoms with Crippen molar-refractivity contribution in [1.29, 1.82) is 0 Å². The van der Waals surface area contributed by atoms with Crippen LogP contribution < -0.4 is 15.4 Å². The van der Waals surface area contributed by atoms with Gasteiger partial charge in [0.05, 0.1) is 19.0 Å². The third-order valence-corrected chi connectivity index (χ3v) is 2.64. The van der Waals surface area contributed by atoms with Gasteiger partial charge in [-0.25, -0.2) is 0 Å². The molecule has 0 atom stereocenters. The van der Waals surface area contributed by atoms with Crippen LogP contribution in [0.5, 0.6) is 5.88 Å². The predicted octanol–water partition coefficient (Wildman–Crippen LogP) is 1.83. The Kier molecular flexibility index (Phi) is 7.10. The topological polar surface area (TPSA) is 64.3 Å². The summed E-state index contributed by atoms with van der Waals surface area (Å²) in [6.45, 7) is 4.48. The standard InChI is InChI=1S/C13H24N4O/c1-3-9-18-13-11-15-10-12(16-13)17(2)8-6-4-5-7-14/h10-11H,3-9,14H2,1-2H3. The van der Waals surface area contributed by atoms with Gasteiger partial charge >= 0.3 is 0 Å². The summed E-state index contributed by atoms with van der Waals surface area (Å²) in [5.74, 6) is 1.46. The van der Waals surface area contributed by atoms with Crippen molar-refractivity contribution in [3.8, 4) is 5.88 Å². The molecule has 0 aromatic carbocycles. The molecule has 1 aromatic rings. The normalized spacial score (nSPS) is 10.4. The zero-order chi connectivity index (χ0) is 13.2. The van der Waals surface area contributed by atoms with E-state index in [4.69, 9.17) is 10.5 Å². The third kappa shape index (κ3) is 5.31. The fourth-order valence-corrected chi connectivity index (χ4v) is 1.58. The number of nitrogens with two attached hydrogens (primary N) is 1. The van der Waals surface area contributed by atoms with Crippen LogP contribution in [0.4, 0.5) is 5.82 Å². The molecule has 0 spiro atoms. The summed E-state index contributed by atoms with van der Waals surface area (Å²) in [4.78, 5) is 10.7. The highest BCUT2D eigenvalue weighted by Gasteiger charge is 2.04. The van der Waals surface area contributed by atoms with Gasteiger partial charge in [-0.3, -0.25) is 4.98 Å². The Morgan fingerprint density at radius 1 is 1.28 bits per heavy atom. The lowest BCUT2D eigenvalue weighted by atomic mass is 10.2. The minimum Gasteiger partial charge on any atom is -0.477 e. The second-order valence-electron chi connectivity index (χ2n) is 4.33. The smallest absolute Gasteiger partial charge is 0.234 e. The molecule has 0 bridgehead atoms. The summed E-state index contributed by atoms with van der Waals surface area (Å²) in [6.07, 6.45) is 7.75. The quantitative estimate of drug-likeness (QED) is 0.679. The van der Waals surface area contributed by atoms with Crippen LogP contribution >= 0.6 is 0 Å². The fourth-order valence-electron chi connectivity index (χ4n) is 1.58. The second kappa shape index (κ2) is 8.69. The van der Waals surface area contributed by atoms with Gasteiger partial charge in [0.15, 0.2) is 5.82 Å². The summed E-state index contributed by atoms with van der Waals surface area (Å²) < 4.78 is 5.47. The summed E-state index contributed by atoms with van der Waals surface area (Å²) in [6, 6.07) is 0. The van der Waals surface area contributed by atoms with Crippen LogP contribution in [0.2, 0.25) is 0 Å².